The summed E-state index contributed by atoms with van der Waals surface area (Å²) in [5, 5.41) is 0.294. The van der Waals surface area contributed by atoms with Crippen LogP contribution in [0.4, 0.5) is 0 Å². The fraction of sp³-hybridized carbons (Fsp3) is 0.250. The van der Waals surface area contributed by atoms with Crippen molar-refractivity contribution in [2.45, 2.75) is 13.3 Å². The van der Waals surface area contributed by atoms with Crippen molar-refractivity contribution in [1.29, 1.82) is 0 Å². The Labute approximate surface area is 89.5 Å². The van der Waals surface area contributed by atoms with Crippen LogP contribution in [0, 0.1) is 3.57 Å². The highest BCUT2D eigenvalue weighted by molar-refractivity contribution is 14.1. The Morgan fingerprint density at radius 3 is 3.00 bits per heavy atom. The van der Waals surface area contributed by atoms with Crippen molar-refractivity contribution in [1.82, 2.24) is 4.98 Å². The average Bonchev–Trinajstić information content (AvgIpc) is 2.08. The maximum Gasteiger partial charge on any atom is 0.165 e. The number of hydrogen-bond donors (Lipinski definition) is 0. The van der Waals surface area contributed by atoms with E-state index in [0.29, 0.717) is 17.1 Å². The molecule has 1 aromatic rings. The Kier molecular flexibility index (Phi) is 3.46. The lowest BCUT2D eigenvalue weighted by molar-refractivity contribution is 0.0988. The van der Waals surface area contributed by atoms with Gasteiger partial charge in [-0.1, -0.05) is 18.5 Å². The molecule has 12 heavy (non-hydrogen) atoms. The summed E-state index contributed by atoms with van der Waals surface area (Å²) in [4.78, 5) is 15.1. The summed E-state index contributed by atoms with van der Waals surface area (Å²) >= 11 is 7.83. The zero-order chi connectivity index (χ0) is 9.14. The molecule has 0 radical (unpaired) electrons. The van der Waals surface area contributed by atoms with Gasteiger partial charge in [-0.3, -0.25) is 4.79 Å². The number of nitrogens with zero attached hydrogens (tertiary/aromatic N) is 1. The summed E-state index contributed by atoms with van der Waals surface area (Å²) in [5.74, 6) is 0.0333. The number of carbonyl (C=O) groups excluding carboxylic acids is 1. The van der Waals surface area contributed by atoms with Gasteiger partial charge in [0.1, 0.15) is 5.15 Å². The molecule has 0 saturated carbocycles. The second-order valence-corrected chi connectivity index (χ2v) is 3.87. The fourth-order valence-electron chi connectivity index (χ4n) is 0.809. The molecule has 0 fully saturated rings. The summed E-state index contributed by atoms with van der Waals surface area (Å²) in [6, 6.07) is 1.75. The van der Waals surface area contributed by atoms with E-state index in [1.54, 1.807) is 19.2 Å². The normalized spacial score (nSPS) is 9.92. The average molecular weight is 296 g/mol. The topological polar surface area (TPSA) is 30.0 Å². The van der Waals surface area contributed by atoms with E-state index < -0.39 is 0 Å². The molecule has 0 aliphatic carbocycles. The van der Waals surface area contributed by atoms with Gasteiger partial charge in [0, 0.05) is 16.2 Å². The maximum atomic E-state index is 11.3. The quantitative estimate of drug-likeness (QED) is 0.477. The van der Waals surface area contributed by atoms with E-state index in [2.05, 4.69) is 27.6 Å². The van der Waals surface area contributed by atoms with Gasteiger partial charge < -0.3 is 0 Å². The van der Waals surface area contributed by atoms with Crippen molar-refractivity contribution in [2.24, 2.45) is 0 Å². The molecular weight excluding hydrogens is 288 g/mol. The lowest BCUT2D eigenvalue weighted by Gasteiger charge is -2.00. The molecule has 0 aromatic carbocycles. The Balaban J connectivity index is 3.13. The highest BCUT2D eigenvalue weighted by Crippen LogP contribution is 2.16. The molecule has 0 amide bonds. The number of carbonyl (C=O) groups is 1. The van der Waals surface area contributed by atoms with E-state index in [1.165, 1.54) is 0 Å². The molecular formula is C8H7ClINO. The molecule has 0 aliphatic rings. The van der Waals surface area contributed by atoms with Gasteiger partial charge in [0.2, 0.25) is 0 Å². The van der Waals surface area contributed by atoms with Gasteiger partial charge in [-0.2, -0.15) is 0 Å². The lowest BCUT2D eigenvalue weighted by Crippen LogP contribution is -1.99. The second kappa shape index (κ2) is 4.18. The third kappa shape index (κ3) is 2.17. The lowest BCUT2D eigenvalue weighted by atomic mass is 10.1. The first-order chi connectivity index (χ1) is 5.65. The van der Waals surface area contributed by atoms with Crippen molar-refractivity contribution >= 4 is 40.0 Å². The summed E-state index contributed by atoms with van der Waals surface area (Å²) in [6.45, 7) is 1.80. The zero-order valence-electron chi connectivity index (χ0n) is 6.47. The SMILES string of the molecule is CCC(=O)c1cc(I)cnc1Cl. The smallest absolute Gasteiger partial charge is 0.165 e. The van der Waals surface area contributed by atoms with Gasteiger partial charge in [-0.05, 0) is 28.7 Å². The Morgan fingerprint density at radius 2 is 2.42 bits per heavy atom. The minimum atomic E-state index is 0.0333. The van der Waals surface area contributed by atoms with Gasteiger partial charge in [0.05, 0.1) is 5.56 Å². The molecule has 1 aromatic heterocycles. The number of ketones is 1. The molecule has 1 rings (SSSR count). The molecule has 0 bridgehead atoms. The minimum absolute atomic E-state index is 0.0333. The summed E-state index contributed by atoms with van der Waals surface area (Å²) in [7, 11) is 0. The number of aromatic nitrogens is 1. The fourth-order valence-corrected chi connectivity index (χ4v) is 1.47. The predicted molar refractivity (Wildman–Crippen MR) is 56.6 cm³/mol. The van der Waals surface area contributed by atoms with E-state index in [9.17, 15) is 4.79 Å². The molecule has 0 atom stereocenters. The first-order valence-corrected chi connectivity index (χ1v) is 4.95. The molecule has 2 nitrogen and oxygen atoms in total. The van der Waals surface area contributed by atoms with Crippen LogP contribution in [0.25, 0.3) is 0 Å². The largest absolute Gasteiger partial charge is 0.294 e. The number of Topliss-reactive ketones (excluding diaryl/α,β-unsaturated/α-hetero) is 1. The van der Waals surface area contributed by atoms with Crippen molar-refractivity contribution < 1.29 is 4.79 Å². The van der Waals surface area contributed by atoms with Gasteiger partial charge in [-0.15, -0.1) is 0 Å². The predicted octanol–water partition coefficient (Wildman–Crippen LogP) is 2.93. The number of pyridine rings is 1. The standard InChI is InChI=1S/C8H7ClINO/c1-2-7(12)6-3-5(10)4-11-8(6)9/h3-4H,2H2,1H3. The van der Waals surface area contributed by atoms with E-state index in [4.69, 9.17) is 11.6 Å². The summed E-state index contributed by atoms with van der Waals surface area (Å²) in [6.07, 6.45) is 2.09. The van der Waals surface area contributed by atoms with Crippen molar-refractivity contribution in [3.63, 3.8) is 0 Å². The van der Waals surface area contributed by atoms with Crippen molar-refractivity contribution in [3.05, 3.63) is 26.5 Å². The molecule has 0 unspecified atom stereocenters. The Hall–Kier alpha value is -0.160. The maximum absolute atomic E-state index is 11.3. The van der Waals surface area contributed by atoms with Crippen LogP contribution in [0.3, 0.4) is 0 Å². The van der Waals surface area contributed by atoms with Gasteiger partial charge in [0.15, 0.2) is 5.78 Å². The van der Waals surface area contributed by atoms with Crippen LogP contribution in [0.5, 0.6) is 0 Å². The highest BCUT2D eigenvalue weighted by atomic mass is 127. The third-order valence-electron chi connectivity index (χ3n) is 1.43. The summed E-state index contributed by atoms with van der Waals surface area (Å²) in [5.41, 5.74) is 0.520. The van der Waals surface area contributed by atoms with Crippen molar-refractivity contribution in [3.8, 4) is 0 Å². The monoisotopic (exact) mass is 295 g/mol. The van der Waals surface area contributed by atoms with Crippen molar-refractivity contribution in [2.75, 3.05) is 0 Å². The number of rotatable bonds is 2. The molecule has 64 valence electrons. The molecule has 1 heterocycles. The molecule has 0 N–H and O–H groups in total. The van der Waals surface area contributed by atoms with E-state index >= 15 is 0 Å². The first-order valence-electron chi connectivity index (χ1n) is 3.49. The molecule has 0 spiro atoms. The van der Waals surface area contributed by atoms with E-state index in [-0.39, 0.29) is 5.78 Å². The van der Waals surface area contributed by atoms with Crippen LogP contribution in [0.1, 0.15) is 23.7 Å². The minimum Gasteiger partial charge on any atom is -0.294 e. The Morgan fingerprint density at radius 1 is 1.75 bits per heavy atom. The molecule has 0 saturated heterocycles. The third-order valence-corrected chi connectivity index (χ3v) is 2.32. The van der Waals surface area contributed by atoms with Gasteiger partial charge >= 0.3 is 0 Å². The van der Waals surface area contributed by atoms with Crippen LogP contribution < -0.4 is 0 Å². The summed E-state index contributed by atoms with van der Waals surface area (Å²) < 4.78 is 0.925. The van der Waals surface area contributed by atoms with Crippen LogP contribution in [-0.4, -0.2) is 10.8 Å². The first kappa shape index (κ1) is 9.92. The Bertz CT molecular complexity index is 314. The van der Waals surface area contributed by atoms with E-state index in [1.807, 2.05) is 0 Å². The molecule has 4 heteroatoms. The second-order valence-electron chi connectivity index (χ2n) is 2.27. The van der Waals surface area contributed by atoms with Gasteiger partial charge in [0.25, 0.3) is 0 Å². The zero-order valence-corrected chi connectivity index (χ0v) is 9.39. The number of hydrogen-bond acceptors (Lipinski definition) is 2. The van der Waals surface area contributed by atoms with Crippen LogP contribution in [-0.2, 0) is 0 Å². The van der Waals surface area contributed by atoms with E-state index in [0.717, 1.165) is 3.57 Å². The molecule has 0 aliphatic heterocycles. The van der Waals surface area contributed by atoms with Crippen LogP contribution in [0.15, 0.2) is 12.3 Å². The van der Waals surface area contributed by atoms with Gasteiger partial charge in [-0.25, -0.2) is 4.98 Å². The van der Waals surface area contributed by atoms with Crippen LogP contribution in [0.2, 0.25) is 5.15 Å². The van der Waals surface area contributed by atoms with Crippen LogP contribution >= 0.6 is 34.2 Å². The number of halogens is 2. The highest BCUT2D eigenvalue weighted by Gasteiger charge is 2.09.